The maximum absolute atomic E-state index is 13.9. The predicted octanol–water partition coefficient (Wildman–Crippen LogP) is 3.39. The number of rotatable bonds is 6. The summed E-state index contributed by atoms with van der Waals surface area (Å²) in [6.45, 7) is 3.74. The molecule has 1 N–H and O–H groups in total. The molecule has 0 spiro atoms. The SMILES string of the molecule is Cn1ccc2c(=O)n(CC3(O)CCN(C(=O)C4CCN(Cc5ccccc5)CC4c4ccccc4)CC3)cnc21. The number of aromatic nitrogens is 3. The van der Waals surface area contributed by atoms with E-state index in [2.05, 4.69) is 58.4 Å². The zero-order valence-electron chi connectivity index (χ0n) is 23.0. The third-order valence-electron chi connectivity index (χ3n) is 8.81. The minimum atomic E-state index is -1.05. The number of amides is 1. The Morgan fingerprint density at radius 3 is 2.42 bits per heavy atom. The second kappa shape index (κ2) is 11.0. The fourth-order valence-electron chi connectivity index (χ4n) is 6.48. The lowest BCUT2D eigenvalue weighted by Crippen LogP contribution is -2.53. The number of hydrogen-bond acceptors (Lipinski definition) is 5. The first-order chi connectivity index (χ1) is 19.4. The number of aliphatic hydroxyl groups is 1. The van der Waals surface area contributed by atoms with Crippen molar-refractivity contribution in [2.75, 3.05) is 26.2 Å². The van der Waals surface area contributed by atoms with Gasteiger partial charge in [-0.2, -0.15) is 0 Å². The third-order valence-corrected chi connectivity index (χ3v) is 8.81. The number of carbonyl (C=O) groups excluding carboxylic acids is 1. The average Bonchev–Trinajstić information content (AvgIpc) is 3.36. The van der Waals surface area contributed by atoms with Crippen LogP contribution in [0.25, 0.3) is 11.0 Å². The van der Waals surface area contributed by atoms with E-state index < -0.39 is 5.60 Å². The van der Waals surface area contributed by atoms with Crippen molar-refractivity contribution in [1.29, 1.82) is 0 Å². The Bertz CT molecular complexity index is 1520. The van der Waals surface area contributed by atoms with Crippen molar-refractivity contribution in [3.8, 4) is 0 Å². The molecule has 4 aromatic rings. The largest absolute Gasteiger partial charge is 0.388 e. The smallest absolute Gasteiger partial charge is 0.262 e. The molecule has 0 aliphatic carbocycles. The van der Waals surface area contributed by atoms with Gasteiger partial charge in [-0.3, -0.25) is 19.1 Å². The number of benzene rings is 2. The van der Waals surface area contributed by atoms with Gasteiger partial charge in [0.05, 0.1) is 17.5 Å². The van der Waals surface area contributed by atoms with Gasteiger partial charge < -0.3 is 14.6 Å². The molecular formula is C32H37N5O3. The molecule has 40 heavy (non-hydrogen) atoms. The Morgan fingerprint density at radius 1 is 1.00 bits per heavy atom. The highest BCUT2D eigenvalue weighted by molar-refractivity contribution is 5.80. The molecule has 2 aromatic heterocycles. The molecule has 2 aliphatic rings. The summed E-state index contributed by atoms with van der Waals surface area (Å²) in [5, 5.41) is 12.0. The van der Waals surface area contributed by atoms with Crippen LogP contribution < -0.4 is 5.56 Å². The number of aryl methyl sites for hydroxylation is 1. The first kappa shape index (κ1) is 26.5. The van der Waals surface area contributed by atoms with Gasteiger partial charge in [0, 0.05) is 51.3 Å². The molecule has 0 radical (unpaired) electrons. The summed E-state index contributed by atoms with van der Waals surface area (Å²) in [5.41, 5.74) is 1.93. The van der Waals surface area contributed by atoms with Crippen molar-refractivity contribution >= 4 is 16.9 Å². The molecule has 2 aromatic carbocycles. The summed E-state index contributed by atoms with van der Waals surface area (Å²) < 4.78 is 3.32. The van der Waals surface area contributed by atoms with Crippen LogP contribution in [0, 0.1) is 5.92 Å². The molecule has 2 saturated heterocycles. The number of likely N-dealkylation sites (tertiary alicyclic amines) is 2. The lowest BCUT2D eigenvalue weighted by atomic mass is 9.79. The van der Waals surface area contributed by atoms with Crippen LogP contribution in [0.5, 0.6) is 0 Å². The second-order valence-electron chi connectivity index (χ2n) is 11.5. The molecule has 8 nitrogen and oxygen atoms in total. The molecule has 2 fully saturated rings. The molecule has 0 bridgehead atoms. The van der Waals surface area contributed by atoms with E-state index in [0.717, 1.165) is 26.1 Å². The van der Waals surface area contributed by atoms with Crippen LogP contribution in [0.1, 0.15) is 36.3 Å². The van der Waals surface area contributed by atoms with Gasteiger partial charge in [-0.1, -0.05) is 60.7 Å². The Morgan fingerprint density at radius 2 is 1.70 bits per heavy atom. The zero-order chi connectivity index (χ0) is 27.7. The Labute approximate surface area is 234 Å². The Kier molecular flexibility index (Phi) is 7.29. The Hall–Kier alpha value is -3.75. The number of piperidine rings is 2. The van der Waals surface area contributed by atoms with Crippen LogP contribution in [0.2, 0.25) is 0 Å². The van der Waals surface area contributed by atoms with E-state index in [4.69, 9.17) is 0 Å². The summed E-state index contributed by atoms with van der Waals surface area (Å²) in [6, 6.07) is 22.7. The Balaban J connectivity index is 1.13. The highest BCUT2D eigenvalue weighted by Crippen LogP contribution is 2.36. The third kappa shape index (κ3) is 5.33. The van der Waals surface area contributed by atoms with Crippen molar-refractivity contribution in [2.45, 2.75) is 43.9 Å². The van der Waals surface area contributed by atoms with Gasteiger partial charge in [0.1, 0.15) is 12.0 Å². The normalized spacial score (nSPS) is 21.5. The molecule has 208 valence electrons. The fraction of sp³-hybridized carbons (Fsp3) is 0.406. The van der Waals surface area contributed by atoms with Gasteiger partial charge in [0.15, 0.2) is 0 Å². The molecule has 1 amide bonds. The van der Waals surface area contributed by atoms with Crippen molar-refractivity contribution in [1.82, 2.24) is 23.9 Å². The quantitative estimate of drug-likeness (QED) is 0.406. The average molecular weight is 540 g/mol. The molecule has 0 saturated carbocycles. The molecule has 2 atom stereocenters. The minimum absolute atomic E-state index is 0.0899. The standard InChI is InChI=1S/C32H37N5O3/c1-34-16-12-27-29(34)33-23-37(31(27)39)22-32(40)14-18-36(19-15-32)30(38)26-13-17-35(20-24-8-4-2-5-9-24)21-28(26)25-10-6-3-7-11-25/h2-12,16,23,26,28,40H,13-15,17-22H2,1H3. The summed E-state index contributed by atoms with van der Waals surface area (Å²) in [7, 11) is 1.86. The van der Waals surface area contributed by atoms with E-state index in [1.165, 1.54) is 22.0 Å². The van der Waals surface area contributed by atoms with E-state index in [0.29, 0.717) is 37.0 Å². The van der Waals surface area contributed by atoms with Crippen LogP contribution >= 0.6 is 0 Å². The van der Waals surface area contributed by atoms with Crippen molar-refractivity contribution < 1.29 is 9.90 Å². The monoisotopic (exact) mass is 539 g/mol. The maximum atomic E-state index is 13.9. The molecule has 2 aliphatic heterocycles. The molecular weight excluding hydrogens is 502 g/mol. The highest BCUT2D eigenvalue weighted by atomic mass is 16.3. The van der Waals surface area contributed by atoms with Gasteiger partial charge in [-0.25, -0.2) is 4.98 Å². The maximum Gasteiger partial charge on any atom is 0.262 e. The number of nitrogens with zero attached hydrogens (tertiary/aromatic N) is 5. The van der Waals surface area contributed by atoms with E-state index in [9.17, 15) is 14.7 Å². The number of hydrogen-bond donors (Lipinski definition) is 1. The van der Waals surface area contributed by atoms with Crippen LogP contribution in [0.15, 0.2) is 84.0 Å². The first-order valence-corrected chi connectivity index (χ1v) is 14.2. The number of carbonyl (C=O) groups is 1. The predicted molar refractivity (Wildman–Crippen MR) is 155 cm³/mol. The van der Waals surface area contributed by atoms with Crippen molar-refractivity contribution in [3.05, 3.63) is 101 Å². The van der Waals surface area contributed by atoms with Crippen LogP contribution in [0.4, 0.5) is 0 Å². The van der Waals surface area contributed by atoms with Crippen LogP contribution in [-0.4, -0.2) is 66.7 Å². The van der Waals surface area contributed by atoms with Gasteiger partial charge in [-0.05, 0) is 43.0 Å². The highest BCUT2D eigenvalue weighted by Gasteiger charge is 2.40. The van der Waals surface area contributed by atoms with Crippen molar-refractivity contribution in [2.24, 2.45) is 13.0 Å². The molecule has 4 heterocycles. The van der Waals surface area contributed by atoms with Gasteiger partial charge in [0.2, 0.25) is 5.91 Å². The summed E-state index contributed by atoms with van der Waals surface area (Å²) >= 11 is 0. The lowest BCUT2D eigenvalue weighted by molar-refractivity contribution is -0.142. The van der Waals surface area contributed by atoms with E-state index in [1.807, 2.05) is 34.8 Å². The van der Waals surface area contributed by atoms with Crippen LogP contribution in [0.3, 0.4) is 0 Å². The summed E-state index contributed by atoms with van der Waals surface area (Å²) in [5.74, 6) is 0.210. The van der Waals surface area contributed by atoms with Crippen LogP contribution in [-0.2, 0) is 24.9 Å². The van der Waals surface area contributed by atoms with E-state index in [-0.39, 0.29) is 29.8 Å². The van der Waals surface area contributed by atoms with E-state index >= 15 is 0 Å². The summed E-state index contributed by atoms with van der Waals surface area (Å²) in [6.07, 6.45) is 5.01. The lowest BCUT2D eigenvalue weighted by Gasteiger charge is -2.43. The fourth-order valence-corrected chi connectivity index (χ4v) is 6.48. The molecule has 6 rings (SSSR count). The zero-order valence-corrected chi connectivity index (χ0v) is 23.0. The minimum Gasteiger partial charge on any atom is -0.388 e. The van der Waals surface area contributed by atoms with Gasteiger partial charge in [0.25, 0.3) is 5.56 Å². The topological polar surface area (TPSA) is 83.6 Å². The van der Waals surface area contributed by atoms with E-state index in [1.54, 1.807) is 6.07 Å². The van der Waals surface area contributed by atoms with Gasteiger partial charge >= 0.3 is 0 Å². The molecule has 8 heteroatoms. The molecule has 2 unspecified atom stereocenters. The van der Waals surface area contributed by atoms with Crippen molar-refractivity contribution in [3.63, 3.8) is 0 Å². The first-order valence-electron chi connectivity index (χ1n) is 14.2. The summed E-state index contributed by atoms with van der Waals surface area (Å²) in [4.78, 5) is 35.7. The second-order valence-corrected chi connectivity index (χ2v) is 11.5. The van der Waals surface area contributed by atoms with Gasteiger partial charge in [-0.15, -0.1) is 0 Å². The number of fused-ring (bicyclic) bond motifs is 1.